The van der Waals surface area contributed by atoms with E-state index in [-0.39, 0.29) is 42.5 Å². The third-order valence-electron chi connectivity index (χ3n) is 3.30. The van der Waals surface area contributed by atoms with E-state index in [1.54, 1.807) is 12.4 Å². The summed E-state index contributed by atoms with van der Waals surface area (Å²) in [5, 5.41) is 14.0. The molecule has 0 bridgehead atoms. The summed E-state index contributed by atoms with van der Waals surface area (Å²) in [7, 11) is 0. The number of hydrogen-bond donors (Lipinski definition) is 1. The number of aromatic nitrogens is 2. The summed E-state index contributed by atoms with van der Waals surface area (Å²) < 4.78 is 0.757. The van der Waals surface area contributed by atoms with Gasteiger partial charge in [0.2, 0.25) is 0 Å². The number of carbonyl (C=O) groups is 1. The summed E-state index contributed by atoms with van der Waals surface area (Å²) in [4.78, 5) is 25.6. The number of carboxylic acid groups (broad SMARTS) is 1. The summed E-state index contributed by atoms with van der Waals surface area (Å²) in [6, 6.07) is 3.73. The number of aliphatic carboxylic acids is 1. The zero-order chi connectivity index (χ0) is 15.5. The van der Waals surface area contributed by atoms with E-state index < -0.39 is 5.97 Å². The van der Waals surface area contributed by atoms with Crippen molar-refractivity contribution in [2.45, 2.75) is 6.42 Å². The molecule has 2 heterocycles. The van der Waals surface area contributed by atoms with Crippen LogP contribution in [0.2, 0.25) is 0 Å². The van der Waals surface area contributed by atoms with Gasteiger partial charge in [-0.15, -0.1) is 0 Å². The standard InChI is InChI=1S/C14H14BrN5O2.Na/c15-12-10(2-1-9-13(12)17-5-4-16-9)20(8-3-11(21)22)14-18-6-7-19-14;/h1-2,4-5H,3,6-8H2,(H,18,19)(H,21,22);/q;+1/p-1. The Labute approximate surface area is 163 Å². The molecule has 0 fully saturated rings. The number of nitrogens with one attached hydrogen (secondary N) is 1. The van der Waals surface area contributed by atoms with Gasteiger partial charge < -0.3 is 20.1 Å². The quantitative estimate of drug-likeness (QED) is 0.575. The van der Waals surface area contributed by atoms with Crippen molar-refractivity contribution in [2.24, 2.45) is 4.99 Å². The molecule has 0 atom stereocenters. The third-order valence-corrected chi connectivity index (χ3v) is 4.08. The first-order valence-electron chi connectivity index (χ1n) is 6.82. The number of nitrogens with zero attached hydrogens (tertiary/aromatic N) is 4. The smallest absolute Gasteiger partial charge is 0.550 e. The molecule has 114 valence electrons. The summed E-state index contributed by atoms with van der Waals surface area (Å²) in [5.74, 6) is -0.439. The third kappa shape index (κ3) is 4.00. The van der Waals surface area contributed by atoms with Crippen LogP contribution in [0.25, 0.3) is 11.0 Å². The van der Waals surface area contributed by atoms with E-state index in [0.29, 0.717) is 12.5 Å². The van der Waals surface area contributed by atoms with Crippen LogP contribution in [0.4, 0.5) is 5.69 Å². The Morgan fingerprint density at radius 2 is 2.13 bits per heavy atom. The van der Waals surface area contributed by atoms with Gasteiger partial charge in [0.1, 0.15) is 5.52 Å². The Morgan fingerprint density at radius 3 is 2.83 bits per heavy atom. The molecule has 1 aliphatic rings. The van der Waals surface area contributed by atoms with Crippen LogP contribution in [-0.2, 0) is 4.79 Å². The van der Waals surface area contributed by atoms with Crippen LogP contribution in [0.15, 0.2) is 34.0 Å². The summed E-state index contributed by atoms with van der Waals surface area (Å²) in [6.45, 7) is 1.67. The fourth-order valence-corrected chi connectivity index (χ4v) is 2.96. The van der Waals surface area contributed by atoms with Crippen molar-refractivity contribution in [1.82, 2.24) is 15.3 Å². The molecule has 0 saturated heterocycles. The number of rotatable bonds is 4. The van der Waals surface area contributed by atoms with E-state index in [0.717, 1.165) is 27.7 Å². The fraction of sp³-hybridized carbons (Fsp3) is 0.286. The van der Waals surface area contributed by atoms with E-state index in [1.165, 1.54) is 0 Å². The number of benzene rings is 1. The SMILES string of the molecule is O=C([O-])CCN(C1=NCCN1)c1ccc2nccnc2c1Br.[Na+]. The molecule has 7 nitrogen and oxygen atoms in total. The average Bonchev–Trinajstić information content (AvgIpc) is 3.03. The van der Waals surface area contributed by atoms with Crippen LogP contribution in [-0.4, -0.2) is 41.5 Å². The van der Waals surface area contributed by atoms with Gasteiger partial charge >= 0.3 is 29.6 Å². The van der Waals surface area contributed by atoms with Crippen molar-refractivity contribution >= 4 is 44.6 Å². The molecule has 0 aliphatic carbocycles. The Bertz CT molecular complexity index is 755. The number of halogens is 1. The molecule has 2 aromatic rings. The van der Waals surface area contributed by atoms with Crippen molar-refractivity contribution in [3.63, 3.8) is 0 Å². The van der Waals surface area contributed by atoms with E-state index in [2.05, 4.69) is 36.2 Å². The topological polar surface area (TPSA) is 93.5 Å². The number of carbonyl (C=O) groups excluding carboxylic acids is 1. The molecule has 3 rings (SSSR count). The minimum atomic E-state index is -1.10. The number of aliphatic imine (C=N–C) groups is 1. The normalized spacial score (nSPS) is 13.2. The van der Waals surface area contributed by atoms with E-state index in [1.807, 2.05) is 17.0 Å². The predicted molar refractivity (Wildman–Crippen MR) is 84.5 cm³/mol. The largest absolute Gasteiger partial charge is 1.00 e. The molecule has 0 spiro atoms. The molecule has 0 amide bonds. The number of carboxylic acids is 1. The molecule has 23 heavy (non-hydrogen) atoms. The molecule has 0 unspecified atom stereocenters. The Hall–Kier alpha value is -1.22. The molecular weight excluding hydrogens is 373 g/mol. The molecule has 1 aromatic heterocycles. The molecule has 0 radical (unpaired) electrons. The first-order chi connectivity index (χ1) is 10.7. The zero-order valence-corrected chi connectivity index (χ0v) is 16.2. The summed E-state index contributed by atoms with van der Waals surface area (Å²) in [5.41, 5.74) is 2.28. The second-order valence-corrected chi connectivity index (χ2v) is 5.52. The van der Waals surface area contributed by atoms with Crippen molar-refractivity contribution in [2.75, 3.05) is 24.5 Å². The van der Waals surface area contributed by atoms with Crippen LogP contribution < -0.4 is 44.9 Å². The van der Waals surface area contributed by atoms with Crippen molar-refractivity contribution in [1.29, 1.82) is 0 Å². The Morgan fingerprint density at radius 1 is 1.35 bits per heavy atom. The zero-order valence-electron chi connectivity index (χ0n) is 12.6. The average molecular weight is 386 g/mol. The van der Waals surface area contributed by atoms with Crippen LogP contribution in [0.5, 0.6) is 0 Å². The van der Waals surface area contributed by atoms with Gasteiger partial charge in [0.05, 0.1) is 22.2 Å². The summed E-state index contributed by atoms with van der Waals surface area (Å²) >= 11 is 3.55. The van der Waals surface area contributed by atoms with Gasteiger partial charge in [0, 0.05) is 37.9 Å². The minimum absolute atomic E-state index is 0. The Kier molecular flexibility index (Phi) is 6.34. The van der Waals surface area contributed by atoms with Crippen molar-refractivity contribution in [3.05, 3.63) is 29.0 Å². The fourth-order valence-electron chi connectivity index (χ4n) is 2.31. The van der Waals surface area contributed by atoms with E-state index in [4.69, 9.17) is 0 Å². The van der Waals surface area contributed by atoms with Crippen molar-refractivity contribution in [3.8, 4) is 0 Å². The van der Waals surface area contributed by atoms with Gasteiger partial charge in [-0.2, -0.15) is 0 Å². The molecular formula is C14H13BrN5NaO2. The van der Waals surface area contributed by atoms with Gasteiger partial charge in [-0.1, -0.05) is 0 Å². The molecule has 1 N–H and O–H groups in total. The number of hydrogen-bond acceptors (Lipinski definition) is 7. The molecule has 1 aliphatic heterocycles. The Balaban J connectivity index is 0.00000192. The van der Waals surface area contributed by atoms with Crippen LogP contribution in [0.1, 0.15) is 6.42 Å². The first kappa shape index (κ1) is 18.1. The van der Waals surface area contributed by atoms with E-state index in [9.17, 15) is 9.90 Å². The maximum absolute atomic E-state index is 10.8. The molecule has 0 saturated carbocycles. The van der Waals surface area contributed by atoms with Crippen LogP contribution in [0, 0.1) is 0 Å². The molecule has 9 heteroatoms. The van der Waals surface area contributed by atoms with Gasteiger partial charge in [0.15, 0.2) is 5.96 Å². The first-order valence-corrected chi connectivity index (χ1v) is 7.61. The number of guanidine groups is 1. The predicted octanol–water partition coefficient (Wildman–Crippen LogP) is -2.70. The van der Waals surface area contributed by atoms with Gasteiger partial charge in [-0.3, -0.25) is 15.0 Å². The number of fused-ring (bicyclic) bond motifs is 1. The van der Waals surface area contributed by atoms with Gasteiger partial charge in [-0.25, -0.2) is 0 Å². The van der Waals surface area contributed by atoms with Crippen LogP contribution >= 0.6 is 15.9 Å². The van der Waals surface area contributed by atoms with E-state index >= 15 is 0 Å². The number of anilines is 1. The monoisotopic (exact) mass is 385 g/mol. The van der Waals surface area contributed by atoms with Crippen molar-refractivity contribution < 1.29 is 39.5 Å². The maximum atomic E-state index is 10.8. The summed E-state index contributed by atoms with van der Waals surface area (Å²) in [6.07, 6.45) is 3.16. The maximum Gasteiger partial charge on any atom is 1.00 e. The van der Waals surface area contributed by atoms with Gasteiger partial charge in [-0.05, 0) is 28.1 Å². The van der Waals surface area contributed by atoms with Crippen LogP contribution in [0.3, 0.4) is 0 Å². The minimum Gasteiger partial charge on any atom is -0.550 e. The second kappa shape index (κ2) is 8.05. The second-order valence-electron chi connectivity index (χ2n) is 4.73. The van der Waals surface area contributed by atoms with Gasteiger partial charge in [0.25, 0.3) is 0 Å². The molecule has 1 aromatic carbocycles.